The standard InChI is InChI=1S/C30H33N3O2/c1-20-13-14-25(17-22(20)3)35-16-8-15-32-28-11-6-5-10-26(28)31-30(32)24-18-29(34)33(19-24)27-12-7-9-21(2)23(27)4/h5-7,9-14,17,24H,8,15-16,18-19H2,1-4H3. The van der Waals surface area contributed by atoms with E-state index in [2.05, 4.69) is 74.7 Å². The molecule has 0 aliphatic carbocycles. The fraction of sp³-hybridized carbons (Fsp3) is 0.333. The summed E-state index contributed by atoms with van der Waals surface area (Å²) in [6.45, 7) is 10.5. The molecule has 0 radical (unpaired) electrons. The molecule has 35 heavy (non-hydrogen) atoms. The molecule has 1 fully saturated rings. The van der Waals surface area contributed by atoms with Crippen molar-refractivity contribution >= 4 is 22.6 Å². The third kappa shape index (κ3) is 4.55. The van der Waals surface area contributed by atoms with Gasteiger partial charge in [0.15, 0.2) is 0 Å². The average Bonchev–Trinajstić information content (AvgIpc) is 3.41. The monoisotopic (exact) mass is 467 g/mol. The van der Waals surface area contributed by atoms with E-state index in [1.54, 1.807) is 0 Å². The molecule has 1 atom stereocenters. The summed E-state index contributed by atoms with van der Waals surface area (Å²) in [5.41, 5.74) is 7.99. The Kier molecular flexibility index (Phi) is 6.33. The largest absolute Gasteiger partial charge is 0.494 e. The molecule has 3 aromatic carbocycles. The second-order valence-electron chi connectivity index (χ2n) is 9.68. The molecule has 2 heterocycles. The van der Waals surface area contributed by atoms with Crippen molar-refractivity contribution in [2.24, 2.45) is 0 Å². The highest BCUT2D eigenvalue weighted by Crippen LogP contribution is 2.35. The van der Waals surface area contributed by atoms with Gasteiger partial charge in [0, 0.05) is 31.1 Å². The van der Waals surface area contributed by atoms with Crippen LogP contribution < -0.4 is 9.64 Å². The first-order valence-electron chi connectivity index (χ1n) is 12.4. The normalized spacial score (nSPS) is 15.8. The van der Waals surface area contributed by atoms with Crippen LogP contribution in [0.1, 0.15) is 46.8 Å². The molecule has 1 aliphatic rings. The van der Waals surface area contributed by atoms with Crippen LogP contribution in [-0.2, 0) is 11.3 Å². The van der Waals surface area contributed by atoms with E-state index in [4.69, 9.17) is 9.72 Å². The van der Waals surface area contributed by atoms with Crippen LogP contribution in [0.15, 0.2) is 60.7 Å². The van der Waals surface area contributed by atoms with Crippen LogP contribution in [0.2, 0.25) is 0 Å². The highest BCUT2D eigenvalue weighted by Gasteiger charge is 2.35. The molecule has 5 rings (SSSR count). The van der Waals surface area contributed by atoms with Gasteiger partial charge in [-0.05, 0) is 86.7 Å². The quantitative estimate of drug-likeness (QED) is 0.301. The molecular formula is C30H33N3O2. The third-order valence-corrected chi connectivity index (χ3v) is 7.31. The Morgan fingerprint density at radius 2 is 1.77 bits per heavy atom. The predicted molar refractivity (Wildman–Crippen MR) is 141 cm³/mol. The lowest BCUT2D eigenvalue weighted by atomic mass is 10.1. The molecule has 0 bridgehead atoms. The van der Waals surface area contributed by atoms with Gasteiger partial charge in [-0.1, -0.05) is 30.3 Å². The van der Waals surface area contributed by atoms with Crippen molar-refractivity contribution in [1.82, 2.24) is 9.55 Å². The lowest BCUT2D eigenvalue weighted by molar-refractivity contribution is -0.117. The summed E-state index contributed by atoms with van der Waals surface area (Å²) in [4.78, 5) is 20.0. The number of ether oxygens (including phenoxy) is 1. The minimum atomic E-state index is 0.0653. The summed E-state index contributed by atoms with van der Waals surface area (Å²) in [7, 11) is 0. The number of rotatable bonds is 7. The Bertz CT molecular complexity index is 1390. The first-order valence-corrected chi connectivity index (χ1v) is 12.4. The SMILES string of the molecule is Cc1ccc(OCCCn2c(C3CC(=O)N(c4cccc(C)c4C)C3)nc3ccccc32)cc1C. The molecule has 1 aliphatic heterocycles. The number of carbonyl (C=O) groups is 1. The van der Waals surface area contributed by atoms with E-state index >= 15 is 0 Å². The molecule has 0 N–H and O–H groups in total. The summed E-state index contributed by atoms with van der Waals surface area (Å²) in [5, 5.41) is 0. The van der Waals surface area contributed by atoms with Gasteiger partial charge in [0.2, 0.25) is 5.91 Å². The van der Waals surface area contributed by atoms with Gasteiger partial charge in [-0.3, -0.25) is 4.79 Å². The molecule has 1 unspecified atom stereocenters. The van der Waals surface area contributed by atoms with Gasteiger partial charge >= 0.3 is 0 Å². The number of fused-ring (bicyclic) bond motifs is 1. The number of hydrogen-bond acceptors (Lipinski definition) is 3. The van der Waals surface area contributed by atoms with Crippen LogP contribution in [0.25, 0.3) is 11.0 Å². The van der Waals surface area contributed by atoms with E-state index in [1.165, 1.54) is 22.3 Å². The molecule has 5 nitrogen and oxygen atoms in total. The van der Waals surface area contributed by atoms with E-state index in [1.807, 2.05) is 23.1 Å². The second kappa shape index (κ2) is 9.57. The van der Waals surface area contributed by atoms with Gasteiger partial charge in [0.25, 0.3) is 0 Å². The number of amides is 1. The van der Waals surface area contributed by atoms with Crippen molar-refractivity contribution < 1.29 is 9.53 Å². The third-order valence-electron chi connectivity index (χ3n) is 7.31. The van der Waals surface area contributed by atoms with E-state index in [0.717, 1.165) is 41.3 Å². The van der Waals surface area contributed by atoms with Crippen molar-refractivity contribution in [3.05, 3.63) is 88.7 Å². The molecule has 0 spiro atoms. The van der Waals surface area contributed by atoms with Crippen LogP contribution in [0, 0.1) is 27.7 Å². The molecule has 1 amide bonds. The van der Waals surface area contributed by atoms with Crippen molar-refractivity contribution in [1.29, 1.82) is 0 Å². The lowest BCUT2D eigenvalue weighted by Crippen LogP contribution is -2.25. The topological polar surface area (TPSA) is 47.4 Å². The van der Waals surface area contributed by atoms with E-state index < -0.39 is 0 Å². The maximum atomic E-state index is 13.1. The second-order valence-corrected chi connectivity index (χ2v) is 9.68. The first-order chi connectivity index (χ1) is 16.9. The molecule has 0 saturated carbocycles. The van der Waals surface area contributed by atoms with E-state index in [0.29, 0.717) is 19.6 Å². The number of aryl methyl sites for hydroxylation is 4. The van der Waals surface area contributed by atoms with Gasteiger partial charge in [-0.15, -0.1) is 0 Å². The number of aromatic nitrogens is 2. The highest BCUT2D eigenvalue weighted by molar-refractivity contribution is 5.97. The summed E-state index contributed by atoms with van der Waals surface area (Å²) < 4.78 is 8.33. The number of anilines is 1. The Hall–Kier alpha value is -3.60. The van der Waals surface area contributed by atoms with Crippen molar-refractivity contribution in [2.75, 3.05) is 18.1 Å². The number of carbonyl (C=O) groups excluding carboxylic acids is 1. The predicted octanol–water partition coefficient (Wildman–Crippen LogP) is 6.26. The molecule has 4 aromatic rings. The zero-order valence-corrected chi connectivity index (χ0v) is 21.0. The number of para-hydroxylation sites is 2. The summed E-state index contributed by atoms with van der Waals surface area (Å²) in [5.74, 6) is 2.14. The van der Waals surface area contributed by atoms with Crippen LogP contribution in [-0.4, -0.2) is 28.6 Å². The summed E-state index contributed by atoms with van der Waals surface area (Å²) in [6, 6.07) is 20.7. The average molecular weight is 468 g/mol. The van der Waals surface area contributed by atoms with Crippen molar-refractivity contribution in [3.8, 4) is 5.75 Å². The molecule has 1 aromatic heterocycles. The molecule has 5 heteroatoms. The maximum absolute atomic E-state index is 13.1. The van der Waals surface area contributed by atoms with Crippen molar-refractivity contribution in [2.45, 2.75) is 53.0 Å². The number of benzene rings is 3. The number of hydrogen-bond donors (Lipinski definition) is 0. The zero-order valence-electron chi connectivity index (χ0n) is 21.0. The summed E-state index contributed by atoms with van der Waals surface area (Å²) in [6.07, 6.45) is 1.34. The van der Waals surface area contributed by atoms with E-state index in [-0.39, 0.29) is 11.8 Å². The summed E-state index contributed by atoms with van der Waals surface area (Å²) >= 11 is 0. The fourth-order valence-electron chi connectivity index (χ4n) is 5.00. The number of nitrogens with zero attached hydrogens (tertiary/aromatic N) is 3. The van der Waals surface area contributed by atoms with Gasteiger partial charge < -0.3 is 14.2 Å². The van der Waals surface area contributed by atoms with Gasteiger partial charge in [-0.25, -0.2) is 4.98 Å². The Labute approximate surface area is 207 Å². The van der Waals surface area contributed by atoms with Crippen LogP contribution in [0.3, 0.4) is 0 Å². The molecule has 180 valence electrons. The van der Waals surface area contributed by atoms with Crippen LogP contribution >= 0.6 is 0 Å². The first kappa shape index (κ1) is 23.2. The van der Waals surface area contributed by atoms with Crippen LogP contribution in [0.5, 0.6) is 5.75 Å². The molecular weight excluding hydrogens is 434 g/mol. The number of imidazole rings is 1. The lowest BCUT2D eigenvalue weighted by Gasteiger charge is -2.20. The van der Waals surface area contributed by atoms with Gasteiger partial charge in [0.05, 0.1) is 17.6 Å². The van der Waals surface area contributed by atoms with E-state index in [9.17, 15) is 4.79 Å². The highest BCUT2D eigenvalue weighted by atomic mass is 16.5. The minimum absolute atomic E-state index is 0.0653. The molecule has 1 saturated heterocycles. The fourth-order valence-corrected chi connectivity index (χ4v) is 5.00. The van der Waals surface area contributed by atoms with Crippen molar-refractivity contribution in [3.63, 3.8) is 0 Å². The Morgan fingerprint density at radius 1 is 0.943 bits per heavy atom. The van der Waals surface area contributed by atoms with Gasteiger partial charge in [-0.2, -0.15) is 0 Å². The Morgan fingerprint density at radius 3 is 2.60 bits per heavy atom. The maximum Gasteiger partial charge on any atom is 0.227 e. The zero-order chi connectivity index (χ0) is 24.5. The minimum Gasteiger partial charge on any atom is -0.494 e. The van der Waals surface area contributed by atoms with Crippen LogP contribution in [0.4, 0.5) is 5.69 Å². The smallest absolute Gasteiger partial charge is 0.227 e. The van der Waals surface area contributed by atoms with Gasteiger partial charge in [0.1, 0.15) is 11.6 Å². The Balaban J connectivity index is 1.35.